The normalized spacial score (nSPS) is 11.4. The van der Waals surface area contributed by atoms with Gasteiger partial charge < -0.3 is 4.74 Å². The molecule has 0 bridgehead atoms. The van der Waals surface area contributed by atoms with Crippen LogP contribution in [0, 0.1) is 0 Å². The Morgan fingerprint density at radius 1 is 1.50 bits per heavy atom. The van der Waals surface area contributed by atoms with Crippen LogP contribution in [0.4, 0.5) is 0 Å². The second-order valence-electron chi connectivity index (χ2n) is 2.35. The van der Waals surface area contributed by atoms with E-state index in [0.717, 1.165) is 0 Å². The molecule has 0 fully saturated rings. The van der Waals surface area contributed by atoms with Crippen LogP contribution in [0.2, 0.25) is 0 Å². The lowest BCUT2D eigenvalue weighted by molar-refractivity contribution is -0.117. The standard InChI is InChI=1S/C11H15NO2/c1-4-7-8-9-10(13)12-11(5-2)14-6-3/h4-5,7-8H,1-2,6,9H2,3H3. The topological polar surface area (TPSA) is 38.7 Å². The Morgan fingerprint density at radius 3 is 2.71 bits per heavy atom. The lowest BCUT2D eigenvalue weighted by Crippen LogP contribution is -2.04. The van der Waals surface area contributed by atoms with Crippen molar-refractivity contribution in [2.45, 2.75) is 13.3 Å². The summed E-state index contributed by atoms with van der Waals surface area (Å²) < 4.78 is 5.03. The molecule has 0 rings (SSSR count). The summed E-state index contributed by atoms with van der Waals surface area (Å²) in [6, 6.07) is 0. The summed E-state index contributed by atoms with van der Waals surface area (Å²) in [6.45, 7) is 9.27. The molecule has 0 aliphatic heterocycles. The van der Waals surface area contributed by atoms with Crippen LogP contribution in [-0.4, -0.2) is 18.4 Å². The summed E-state index contributed by atoms with van der Waals surface area (Å²) in [7, 11) is 0. The summed E-state index contributed by atoms with van der Waals surface area (Å²) in [5.41, 5.74) is 0. The second kappa shape index (κ2) is 7.98. The van der Waals surface area contributed by atoms with Crippen LogP contribution in [0.3, 0.4) is 0 Å². The summed E-state index contributed by atoms with van der Waals surface area (Å²) in [5.74, 6) is 0.0101. The van der Waals surface area contributed by atoms with Gasteiger partial charge in [-0.2, -0.15) is 4.99 Å². The van der Waals surface area contributed by atoms with E-state index in [0.29, 0.717) is 6.61 Å². The first-order chi connectivity index (χ1) is 6.74. The number of aliphatic imine (C=N–C) groups is 1. The number of allylic oxidation sites excluding steroid dienone is 2. The van der Waals surface area contributed by atoms with Crippen LogP contribution < -0.4 is 0 Å². The Bertz CT molecular complexity index is 264. The first kappa shape index (κ1) is 12.4. The lowest BCUT2D eigenvalue weighted by Gasteiger charge is -1.99. The van der Waals surface area contributed by atoms with Gasteiger partial charge >= 0.3 is 0 Å². The third-order valence-corrected chi connectivity index (χ3v) is 1.27. The van der Waals surface area contributed by atoms with Gasteiger partial charge in [-0.05, 0) is 13.0 Å². The van der Waals surface area contributed by atoms with E-state index in [9.17, 15) is 4.79 Å². The molecule has 0 spiro atoms. The van der Waals surface area contributed by atoms with Crippen molar-refractivity contribution in [2.24, 2.45) is 4.99 Å². The van der Waals surface area contributed by atoms with Crippen molar-refractivity contribution in [3.8, 4) is 0 Å². The number of hydrogen-bond acceptors (Lipinski definition) is 2. The minimum absolute atomic E-state index is 0.246. The molecule has 0 aliphatic rings. The summed E-state index contributed by atoms with van der Waals surface area (Å²) in [4.78, 5) is 14.9. The van der Waals surface area contributed by atoms with Gasteiger partial charge in [0.2, 0.25) is 5.90 Å². The molecule has 0 radical (unpaired) electrons. The molecule has 0 unspecified atom stereocenters. The first-order valence-corrected chi connectivity index (χ1v) is 4.38. The van der Waals surface area contributed by atoms with Crippen molar-refractivity contribution in [1.82, 2.24) is 0 Å². The van der Waals surface area contributed by atoms with E-state index in [1.54, 1.807) is 18.2 Å². The molecule has 76 valence electrons. The zero-order valence-corrected chi connectivity index (χ0v) is 8.40. The van der Waals surface area contributed by atoms with Gasteiger partial charge in [0.1, 0.15) is 0 Å². The molecule has 3 nitrogen and oxygen atoms in total. The molecule has 14 heavy (non-hydrogen) atoms. The van der Waals surface area contributed by atoms with E-state index in [4.69, 9.17) is 4.74 Å². The molecular weight excluding hydrogens is 178 g/mol. The Labute approximate surface area is 84.5 Å². The number of hydrogen-bond donors (Lipinski definition) is 0. The molecule has 1 amide bonds. The maximum atomic E-state index is 11.2. The van der Waals surface area contributed by atoms with Crippen LogP contribution in [0.1, 0.15) is 13.3 Å². The highest BCUT2D eigenvalue weighted by Gasteiger charge is 1.98. The minimum atomic E-state index is -0.258. The zero-order chi connectivity index (χ0) is 10.8. The van der Waals surface area contributed by atoms with Crippen molar-refractivity contribution in [2.75, 3.05) is 6.61 Å². The lowest BCUT2D eigenvalue weighted by atomic mass is 10.3. The number of nitrogens with zero attached hydrogens (tertiary/aromatic N) is 1. The maximum Gasteiger partial charge on any atom is 0.252 e. The van der Waals surface area contributed by atoms with Crippen molar-refractivity contribution in [1.29, 1.82) is 0 Å². The minimum Gasteiger partial charge on any atom is -0.478 e. The number of carbonyl (C=O) groups excluding carboxylic acids is 1. The Hall–Kier alpha value is -1.64. The zero-order valence-electron chi connectivity index (χ0n) is 8.40. The molecule has 0 aliphatic carbocycles. The predicted molar refractivity (Wildman–Crippen MR) is 58.2 cm³/mol. The smallest absolute Gasteiger partial charge is 0.252 e. The molecule has 3 heteroatoms. The number of rotatable bonds is 5. The van der Waals surface area contributed by atoms with Crippen LogP contribution >= 0.6 is 0 Å². The first-order valence-electron chi connectivity index (χ1n) is 4.38. The number of amides is 1. The van der Waals surface area contributed by atoms with Crippen molar-refractivity contribution < 1.29 is 9.53 Å². The van der Waals surface area contributed by atoms with Gasteiger partial charge in [0.25, 0.3) is 5.91 Å². The average Bonchev–Trinajstić information content (AvgIpc) is 2.17. The van der Waals surface area contributed by atoms with Crippen LogP contribution in [0.25, 0.3) is 0 Å². The molecular formula is C11H15NO2. The Balaban J connectivity index is 4.16. The maximum absolute atomic E-state index is 11.2. The third-order valence-electron chi connectivity index (χ3n) is 1.27. The highest BCUT2D eigenvalue weighted by molar-refractivity contribution is 5.97. The fourth-order valence-corrected chi connectivity index (χ4v) is 0.718. The fourth-order valence-electron chi connectivity index (χ4n) is 0.718. The monoisotopic (exact) mass is 193 g/mol. The summed E-state index contributed by atoms with van der Waals surface area (Å²) >= 11 is 0. The van der Waals surface area contributed by atoms with Crippen LogP contribution in [-0.2, 0) is 9.53 Å². The molecule has 0 atom stereocenters. The SMILES string of the molecule is C=CC=CCC(=O)N=C(C=C)OCC. The van der Waals surface area contributed by atoms with Crippen LogP contribution in [0.15, 0.2) is 42.5 Å². The highest BCUT2D eigenvalue weighted by Crippen LogP contribution is 1.92. The second-order valence-corrected chi connectivity index (χ2v) is 2.35. The van der Waals surface area contributed by atoms with Crippen molar-refractivity contribution >= 4 is 11.8 Å². The van der Waals surface area contributed by atoms with Gasteiger partial charge in [-0.1, -0.05) is 31.4 Å². The van der Waals surface area contributed by atoms with E-state index < -0.39 is 0 Å². The molecule has 0 aromatic heterocycles. The highest BCUT2D eigenvalue weighted by atomic mass is 16.5. The largest absolute Gasteiger partial charge is 0.478 e. The van der Waals surface area contributed by atoms with Gasteiger partial charge in [0.15, 0.2) is 0 Å². The summed E-state index contributed by atoms with van der Waals surface area (Å²) in [6.07, 6.45) is 6.65. The van der Waals surface area contributed by atoms with Gasteiger partial charge in [-0.25, -0.2) is 0 Å². The molecule has 0 N–H and O–H groups in total. The van der Waals surface area contributed by atoms with E-state index >= 15 is 0 Å². The Kier molecular flexibility index (Phi) is 7.05. The molecule has 0 saturated carbocycles. The average molecular weight is 193 g/mol. The molecule has 0 saturated heterocycles. The third kappa shape index (κ3) is 5.94. The van der Waals surface area contributed by atoms with E-state index in [2.05, 4.69) is 18.2 Å². The molecule has 0 aromatic rings. The Morgan fingerprint density at radius 2 is 2.21 bits per heavy atom. The van der Waals surface area contributed by atoms with E-state index in [-0.39, 0.29) is 18.2 Å². The molecule has 0 aromatic carbocycles. The van der Waals surface area contributed by atoms with Crippen molar-refractivity contribution in [3.05, 3.63) is 37.5 Å². The van der Waals surface area contributed by atoms with E-state index in [1.807, 2.05) is 6.92 Å². The van der Waals surface area contributed by atoms with Crippen LogP contribution in [0.5, 0.6) is 0 Å². The summed E-state index contributed by atoms with van der Waals surface area (Å²) in [5, 5.41) is 0. The fraction of sp³-hybridized carbons (Fsp3) is 0.273. The van der Waals surface area contributed by atoms with Gasteiger partial charge in [-0.15, -0.1) is 0 Å². The number of carbonyl (C=O) groups is 1. The van der Waals surface area contributed by atoms with Gasteiger partial charge in [-0.3, -0.25) is 4.79 Å². The molecule has 0 heterocycles. The van der Waals surface area contributed by atoms with Gasteiger partial charge in [0.05, 0.1) is 6.61 Å². The van der Waals surface area contributed by atoms with Crippen molar-refractivity contribution in [3.63, 3.8) is 0 Å². The van der Waals surface area contributed by atoms with Gasteiger partial charge in [0, 0.05) is 6.42 Å². The number of ether oxygens (including phenoxy) is 1. The quantitative estimate of drug-likeness (QED) is 0.381. The van der Waals surface area contributed by atoms with E-state index in [1.165, 1.54) is 6.08 Å². The predicted octanol–water partition coefficient (Wildman–Crippen LogP) is 2.27.